The highest BCUT2D eigenvalue weighted by Gasteiger charge is 2.31. The number of nitrogens with zero attached hydrogens (tertiary/aromatic N) is 2. The lowest BCUT2D eigenvalue weighted by molar-refractivity contribution is -0.0510. The lowest BCUT2D eigenvalue weighted by atomic mass is 9.97. The average Bonchev–Trinajstić information content (AvgIpc) is 3.26. The zero-order valence-corrected chi connectivity index (χ0v) is 19.0. The van der Waals surface area contributed by atoms with E-state index in [2.05, 4.69) is 4.98 Å². The third-order valence-corrected chi connectivity index (χ3v) is 6.35. The van der Waals surface area contributed by atoms with Crippen LogP contribution in [-0.4, -0.2) is 65.1 Å². The molecular weight excluding hydrogens is 468 g/mol. The summed E-state index contributed by atoms with van der Waals surface area (Å²) in [5.74, 6) is -1.11. The molecule has 0 saturated carbocycles. The SMILES string of the molecule is Cc1cc(OC(F)F)c(CN2CCN(CC(F)F)C[C@H]2c2ccc(C(=O)O)c(N)c2)c2cc[nH]c12. The lowest BCUT2D eigenvalue weighted by Crippen LogP contribution is -2.49. The Labute approximate surface area is 199 Å². The van der Waals surface area contributed by atoms with Crippen LogP contribution in [0.2, 0.25) is 0 Å². The molecule has 35 heavy (non-hydrogen) atoms. The van der Waals surface area contributed by atoms with E-state index in [0.29, 0.717) is 24.2 Å². The fourth-order valence-corrected chi connectivity index (χ4v) is 4.73. The molecule has 188 valence electrons. The number of hydrogen-bond acceptors (Lipinski definition) is 5. The Kier molecular flexibility index (Phi) is 7.18. The minimum atomic E-state index is -3.01. The molecule has 1 aliphatic heterocycles. The highest BCUT2D eigenvalue weighted by Crippen LogP contribution is 2.36. The van der Waals surface area contributed by atoms with E-state index in [1.165, 1.54) is 12.1 Å². The number of carboxylic acid groups (broad SMARTS) is 1. The fraction of sp³-hybridized carbons (Fsp3) is 0.375. The molecule has 1 atom stereocenters. The van der Waals surface area contributed by atoms with Gasteiger partial charge in [-0.2, -0.15) is 8.78 Å². The van der Waals surface area contributed by atoms with Crippen molar-refractivity contribution in [3.63, 3.8) is 0 Å². The van der Waals surface area contributed by atoms with Crippen LogP contribution in [0.5, 0.6) is 5.75 Å². The number of piperazine rings is 1. The molecule has 0 unspecified atom stereocenters. The second-order valence-corrected chi connectivity index (χ2v) is 8.60. The van der Waals surface area contributed by atoms with Crippen LogP contribution in [0, 0.1) is 6.92 Å². The number of benzene rings is 2. The van der Waals surface area contributed by atoms with Crippen LogP contribution in [0.25, 0.3) is 10.9 Å². The third-order valence-electron chi connectivity index (χ3n) is 6.35. The number of rotatable bonds is 8. The van der Waals surface area contributed by atoms with E-state index in [-0.39, 0.29) is 30.1 Å². The van der Waals surface area contributed by atoms with Gasteiger partial charge in [0.15, 0.2) is 0 Å². The highest BCUT2D eigenvalue weighted by molar-refractivity contribution is 5.93. The van der Waals surface area contributed by atoms with Gasteiger partial charge in [0, 0.05) is 60.6 Å². The number of aromatic carboxylic acids is 1. The molecule has 2 aromatic carbocycles. The van der Waals surface area contributed by atoms with Crippen LogP contribution in [0.4, 0.5) is 23.2 Å². The van der Waals surface area contributed by atoms with Crippen molar-refractivity contribution in [3.8, 4) is 5.75 Å². The number of nitrogens with two attached hydrogens (primary N) is 1. The molecule has 3 aromatic rings. The molecule has 2 heterocycles. The Bertz CT molecular complexity index is 1220. The normalized spacial score (nSPS) is 17.5. The first kappa shape index (κ1) is 24.8. The van der Waals surface area contributed by atoms with Crippen LogP contribution >= 0.6 is 0 Å². The summed E-state index contributed by atoms with van der Waals surface area (Å²) >= 11 is 0. The maximum Gasteiger partial charge on any atom is 0.387 e. The molecule has 0 bridgehead atoms. The molecule has 1 aliphatic rings. The van der Waals surface area contributed by atoms with Crippen LogP contribution in [-0.2, 0) is 6.54 Å². The van der Waals surface area contributed by atoms with Crippen LogP contribution in [0.3, 0.4) is 0 Å². The minimum absolute atomic E-state index is 0.0547. The van der Waals surface area contributed by atoms with Crippen LogP contribution in [0.15, 0.2) is 36.5 Å². The fourth-order valence-electron chi connectivity index (χ4n) is 4.73. The first-order chi connectivity index (χ1) is 16.6. The summed E-state index contributed by atoms with van der Waals surface area (Å²) in [4.78, 5) is 18.1. The summed E-state index contributed by atoms with van der Waals surface area (Å²) in [5.41, 5.74) is 8.71. The number of carbonyl (C=O) groups is 1. The van der Waals surface area contributed by atoms with E-state index in [4.69, 9.17) is 10.5 Å². The summed E-state index contributed by atoms with van der Waals surface area (Å²) in [6.07, 6.45) is -0.791. The molecule has 0 spiro atoms. The molecular formula is C24H26F4N4O3. The molecule has 7 nitrogen and oxygen atoms in total. The Morgan fingerprint density at radius 1 is 1.23 bits per heavy atom. The van der Waals surface area contributed by atoms with E-state index in [9.17, 15) is 27.5 Å². The lowest BCUT2D eigenvalue weighted by Gasteiger charge is -2.42. The van der Waals surface area contributed by atoms with Crippen molar-refractivity contribution in [1.29, 1.82) is 0 Å². The molecule has 1 fully saturated rings. The van der Waals surface area contributed by atoms with Gasteiger partial charge in [-0.3, -0.25) is 9.80 Å². The Morgan fingerprint density at radius 2 is 2.00 bits per heavy atom. The summed E-state index contributed by atoms with van der Waals surface area (Å²) in [6, 6.07) is 7.45. The molecule has 4 rings (SSSR count). The van der Waals surface area contributed by atoms with E-state index in [0.717, 1.165) is 16.5 Å². The largest absolute Gasteiger partial charge is 0.478 e. The van der Waals surface area contributed by atoms with E-state index >= 15 is 0 Å². The number of hydrogen-bond donors (Lipinski definition) is 3. The summed E-state index contributed by atoms with van der Waals surface area (Å²) in [6.45, 7) is -0.429. The Balaban J connectivity index is 1.73. The van der Waals surface area contributed by atoms with Crippen LogP contribution in [0.1, 0.15) is 33.1 Å². The molecule has 11 heteroatoms. The maximum absolute atomic E-state index is 13.2. The molecule has 0 aliphatic carbocycles. The number of H-pyrrole nitrogens is 1. The number of fused-ring (bicyclic) bond motifs is 1. The quantitative estimate of drug-likeness (QED) is 0.316. The summed E-state index contributed by atoms with van der Waals surface area (Å²) in [5, 5.41) is 10.0. The zero-order valence-electron chi connectivity index (χ0n) is 19.0. The van der Waals surface area contributed by atoms with Gasteiger partial charge in [0.1, 0.15) is 5.75 Å². The number of carboxylic acids is 1. The second-order valence-electron chi connectivity index (χ2n) is 8.60. The predicted octanol–water partition coefficient (Wildman–Crippen LogP) is 4.48. The number of halogens is 4. The van der Waals surface area contributed by atoms with Crippen molar-refractivity contribution >= 4 is 22.6 Å². The first-order valence-electron chi connectivity index (χ1n) is 11.1. The van der Waals surface area contributed by atoms with Gasteiger partial charge in [-0.1, -0.05) is 6.07 Å². The van der Waals surface area contributed by atoms with E-state index in [1.54, 1.807) is 36.2 Å². The number of nitrogens with one attached hydrogen (secondary N) is 1. The molecule has 1 saturated heterocycles. The van der Waals surface area contributed by atoms with Crippen molar-refractivity contribution < 1.29 is 32.2 Å². The molecule has 1 aromatic heterocycles. The van der Waals surface area contributed by atoms with Gasteiger partial charge in [0.2, 0.25) is 0 Å². The highest BCUT2D eigenvalue weighted by atomic mass is 19.3. The van der Waals surface area contributed by atoms with Gasteiger partial charge < -0.3 is 20.6 Å². The summed E-state index contributed by atoms with van der Waals surface area (Å²) in [7, 11) is 0. The van der Waals surface area contributed by atoms with E-state index < -0.39 is 31.6 Å². The number of aromatic nitrogens is 1. The van der Waals surface area contributed by atoms with Crippen molar-refractivity contribution in [1.82, 2.24) is 14.8 Å². The van der Waals surface area contributed by atoms with Gasteiger partial charge in [-0.25, -0.2) is 13.6 Å². The first-order valence-corrected chi connectivity index (χ1v) is 11.1. The summed E-state index contributed by atoms with van der Waals surface area (Å²) < 4.78 is 57.5. The monoisotopic (exact) mass is 494 g/mol. The Morgan fingerprint density at radius 3 is 2.66 bits per heavy atom. The molecule has 0 radical (unpaired) electrons. The van der Waals surface area contributed by atoms with E-state index in [1.807, 2.05) is 4.90 Å². The van der Waals surface area contributed by atoms with Crippen molar-refractivity contribution in [2.75, 3.05) is 31.9 Å². The predicted molar refractivity (Wildman–Crippen MR) is 123 cm³/mol. The number of ether oxygens (including phenoxy) is 1. The topological polar surface area (TPSA) is 94.8 Å². The molecule has 0 amide bonds. The number of anilines is 1. The second kappa shape index (κ2) is 10.1. The average molecular weight is 494 g/mol. The van der Waals surface area contributed by atoms with Gasteiger partial charge in [0.05, 0.1) is 12.1 Å². The number of alkyl halides is 4. The standard InChI is InChI=1S/C24H26F4N4O3/c1-13-8-20(35-24(27)28)17(15-4-5-30-22(13)15)10-32-7-6-31(12-21(25)26)11-19(32)14-2-3-16(23(33)34)18(29)9-14/h2-5,8-9,19,21,24,30H,6-7,10-12,29H2,1H3,(H,33,34)/t19-/m0/s1. The number of aryl methyl sites for hydroxylation is 1. The molecule has 4 N–H and O–H groups in total. The van der Waals surface area contributed by atoms with Gasteiger partial charge in [-0.15, -0.1) is 0 Å². The number of aromatic amines is 1. The Hall–Kier alpha value is -3.31. The number of nitrogen functional groups attached to an aromatic ring is 1. The van der Waals surface area contributed by atoms with Crippen molar-refractivity contribution in [2.24, 2.45) is 0 Å². The van der Waals surface area contributed by atoms with Crippen molar-refractivity contribution in [3.05, 3.63) is 58.8 Å². The zero-order chi connectivity index (χ0) is 25.3. The van der Waals surface area contributed by atoms with Crippen LogP contribution < -0.4 is 10.5 Å². The maximum atomic E-state index is 13.2. The van der Waals surface area contributed by atoms with Gasteiger partial charge in [-0.05, 0) is 42.3 Å². The van der Waals surface area contributed by atoms with Gasteiger partial charge in [0.25, 0.3) is 6.43 Å². The smallest absolute Gasteiger partial charge is 0.387 e. The van der Waals surface area contributed by atoms with Gasteiger partial charge >= 0.3 is 12.6 Å². The third kappa shape index (κ3) is 5.35. The minimum Gasteiger partial charge on any atom is -0.478 e. The van der Waals surface area contributed by atoms with Crippen molar-refractivity contribution in [2.45, 2.75) is 32.5 Å².